The highest BCUT2D eigenvalue weighted by atomic mass is 16.6. The van der Waals surface area contributed by atoms with Crippen LogP contribution in [0.25, 0.3) is 11.4 Å². The van der Waals surface area contributed by atoms with Crippen molar-refractivity contribution in [2.45, 2.75) is 31.8 Å². The summed E-state index contributed by atoms with van der Waals surface area (Å²) in [5.41, 5.74) is 0.762. The van der Waals surface area contributed by atoms with Gasteiger partial charge < -0.3 is 14.5 Å². The first-order valence-electron chi connectivity index (χ1n) is 11.7. The van der Waals surface area contributed by atoms with Crippen LogP contribution < -0.4 is 10.5 Å². The molecule has 0 bridgehead atoms. The molecule has 0 radical (unpaired) electrons. The molecule has 1 amide bonds. The van der Waals surface area contributed by atoms with Gasteiger partial charge >= 0.3 is 6.09 Å². The Morgan fingerprint density at radius 2 is 1.89 bits per heavy atom. The molecule has 5 rings (SSSR count). The van der Waals surface area contributed by atoms with Crippen molar-refractivity contribution in [1.29, 1.82) is 0 Å². The van der Waals surface area contributed by atoms with Gasteiger partial charge in [-0.1, -0.05) is 30.3 Å². The van der Waals surface area contributed by atoms with Gasteiger partial charge in [-0.3, -0.25) is 14.2 Å². The molecule has 0 aliphatic carbocycles. The van der Waals surface area contributed by atoms with Gasteiger partial charge in [-0.2, -0.15) is 0 Å². The number of carbonyl (C=O) groups excluding carboxylic acids is 2. The smallest absolute Gasteiger partial charge is 0.409 e. The molecule has 1 saturated heterocycles. The van der Waals surface area contributed by atoms with E-state index in [0.29, 0.717) is 62.0 Å². The van der Waals surface area contributed by atoms with Crippen molar-refractivity contribution >= 4 is 17.8 Å². The largest absolute Gasteiger partial charge is 0.450 e. The third-order valence-electron chi connectivity index (χ3n) is 6.70. The van der Waals surface area contributed by atoms with Gasteiger partial charge in [0, 0.05) is 37.5 Å². The fourth-order valence-electron chi connectivity index (χ4n) is 4.90. The number of rotatable bonds is 5. The maximum Gasteiger partial charge on any atom is 0.409 e. The summed E-state index contributed by atoms with van der Waals surface area (Å²) in [4.78, 5) is 55.5. The Balaban J connectivity index is 1.58. The van der Waals surface area contributed by atoms with E-state index in [2.05, 4.69) is 9.97 Å². The molecular weight excluding hydrogens is 448 g/mol. The van der Waals surface area contributed by atoms with Crippen molar-refractivity contribution in [3.63, 3.8) is 0 Å². The minimum absolute atomic E-state index is 0.0281. The van der Waals surface area contributed by atoms with Crippen LogP contribution in [0.2, 0.25) is 0 Å². The number of hydrogen-bond donors (Lipinski definition) is 0. The summed E-state index contributed by atoms with van der Waals surface area (Å²) in [5, 5.41) is 0. The van der Waals surface area contributed by atoms with E-state index in [0.717, 1.165) is 0 Å². The number of Topliss-reactive ketones (excluding diaryl/α,β-unsaturated/α-hetero) is 1. The Morgan fingerprint density at radius 3 is 2.63 bits per heavy atom. The van der Waals surface area contributed by atoms with E-state index in [-0.39, 0.29) is 24.0 Å². The first-order chi connectivity index (χ1) is 17.0. The third kappa shape index (κ3) is 4.27. The van der Waals surface area contributed by atoms with Crippen molar-refractivity contribution in [3.8, 4) is 11.4 Å². The number of amides is 1. The molecule has 1 spiro atoms. The van der Waals surface area contributed by atoms with Crippen LogP contribution >= 0.6 is 0 Å². The predicted octanol–water partition coefficient (Wildman–Crippen LogP) is 2.39. The first kappa shape index (κ1) is 22.7. The quantitative estimate of drug-likeness (QED) is 0.519. The summed E-state index contributed by atoms with van der Waals surface area (Å²) >= 11 is 0. The second-order valence-electron chi connectivity index (χ2n) is 8.75. The number of hydrogen-bond acceptors (Lipinski definition) is 8. The monoisotopic (exact) mass is 474 g/mol. The van der Waals surface area contributed by atoms with Gasteiger partial charge in [-0.05, 0) is 25.8 Å². The average Bonchev–Trinajstić information content (AvgIpc) is 3.32. The van der Waals surface area contributed by atoms with Crippen LogP contribution in [-0.4, -0.2) is 68.1 Å². The SMILES string of the molecule is CCOC(=O)N1CCC2(CCn3c(nc(-c4ccncn4)cc3=O)N2CC(=O)c2ccccc2)C1. The normalized spacial score (nSPS) is 19.0. The van der Waals surface area contributed by atoms with Crippen molar-refractivity contribution < 1.29 is 14.3 Å². The number of nitrogens with zero attached hydrogens (tertiary/aromatic N) is 6. The molecule has 1 fully saturated rings. The molecule has 1 unspecified atom stereocenters. The zero-order valence-corrected chi connectivity index (χ0v) is 19.5. The van der Waals surface area contributed by atoms with Gasteiger partial charge in [0.05, 0.1) is 30.1 Å². The van der Waals surface area contributed by atoms with E-state index < -0.39 is 5.54 Å². The number of benzene rings is 1. The highest BCUT2D eigenvalue weighted by Gasteiger charge is 2.49. The standard InChI is InChI=1S/C25H26N6O4/c1-2-35-24(34)29-12-9-25(16-29)10-13-30-22(33)14-20(19-8-11-26-17-27-19)28-23(30)31(25)15-21(32)18-6-4-3-5-7-18/h3-8,11,14,17H,2,9-10,12-13,15-16H2,1H3. The van der Waals surface area contributed by atoms with E-state index in [1.807, 2.05) is 23.1 Å². The zero-order valence-electron chi connectivity index (χ0n) is 19.5. The molecule has 2 aliphatic rings. The van der Waals surface area contributed by atoms with Gasteiger partial charge in [0.1, 0.15) is 6.33 Å². The van der Waals surface area contributed by atoms with Crippen LogP contribution in [0, 0.1) is 0 Å². The van der Waals surface area contributed by atoms with Crippen molar-refractivity contribution in [2.24, 2.45) is 0 Å². The van der Waals surface area contributed by atoms with Crippen LogP contribution in [-0.2, 0) is 11.3 Å². The van der Waals surface area contributed by atoms with Crippen LogP contribution in [0.15, 0.2) is 59.8 Å². The van der Waals surface area contributed by atoms with Crippen molar-refractivity contribution in [3.05, 3.63) is 70.9 Å². The number of ketones is 1. The van der Waals surface area contributed by atoms with Gasteiger partial charge in [0.25, 0.3) is 5.56 Å². The van der Waals surface area contributed by atoms with E-state index in [9.17, 15) is 14.4 Å². The topological polar surface area (TPSA) is 111 Å². The molecule has 180 valence electrons. The second kappa shape index (κ2) is 9.28. The Bertz CT molecular complexity index is 1300. The molecule has 0 saturated carbocycles. The molecule has 35 heavy (non-hydrogen) atoms. The number of likely N-dealkylation sites (tertiary alicyclic amines) is 1. The lowest BCUT2D eigenvalue weighted by Crippen LogP contribution is -2.58. The van der Waals surface area contributed by atoms with Crippen LogP contribution in [0.3, 0.4) is 0 Å². The average molecular weight is 475 g/mol. The minimum atomic E-state index is -0.541. The Kier molecular flexibility index (Phi) is 6.02. The van der Waals surface area contributed by atoms with E-state index in [1.165, 1.54) is 12.4 Å². The number of fused-ring (bicyclic) bond motifs is 1. The summed E-state index contributed by atoms with van der Waals surface area (Å²) in [5.74, 6) is 0.321. The summed E-state index contributed by atoms with van der Waals surface area (Å²) < 4.78 is 6.83. The van der Waals surface area contributed by atoms with Crippen LogP contribution in [0.1, 0.15) is 30.1 Å². The molecule has 10 heteroatoms. The fourth-order valence-corrected chi connectivity index (χ4v) is 4.90. The second-order valence-corrected chi connectivity index (χ2v) is 8.75. The number of carbonyl (C=O) groups is 2. The highest BCUT2D eigenvalue weighted by molar-refractivity contribution is 5.99. The van der Waals surface area contributed by atoms with Gasteiger partial charge in [0.2, 0.25) is 5.95 Å². The van der Waals surface area contributed by atoms with E-state index >= 15 is 0 Å². The lowest BCUT2D eigenvalue weighted by atomic mass is 9.89. The molecule has 2 aromatic heterocycles. The summed E-state index contributed by atoms with van der Waals surface area (Å²) in [6, 6.07) is 12.2. The summed E-state index contributed by atoms with van der Waals surface area (Å²) in [7, 11) is 0. The molecule has 1 aromatic carbocycles. The molecule has 2 aliphatic heterocycles. The first-order valence-corrected chi connectivity index (χ1v) is 11.7. The fraction of sp³-hybridized carbons (Fsp3) is 0.360. The molecular formula is C25H26N6O4. The number of aromatic nitrogens is 4. The Morgan fingerprint density at radius 1 is 1.09 bits per heavy atom. The van der Waals surface area contributed by atoms with Crippen molar-refractivity contribution in [1.82, 2.24) is 24.4 Å². The Hall–Kier alpha value is -4.08. The van der Waals surface area contributed by atoms with E-state index in [4.69, 9.17) is 9.72 Å². The Labute approximate surface area is 202 Å². The molecule has 3 aromatic rings. The van der Waals surface area contributed by atoms with E-state index in [1.54, 1.807) is 40.8 Å². The zero-order chi connectivity index (χ0) is 24.4. The lowest BCUT2D eigenvalue weighted by Gasteiger charge is -2.46. The molecule has 0 N–H and O–H groups in total. The van der Waals surface area contributed by atoms with Crippen molar-refractivity contribution in [2.75, 3.05) is 31.1 Å². The van der Waals surface area contributed by atoms with Gasteiger partial charge in [-0.25, -0.2) is 19.7 Å². The van der Waals surface area contributed by atoms with Gasteiger partial charge in [-0.15, -0.1) is 0 Å². The molecule has 10 nitrogen and oxygen atoms in total. The molecule has 1 atom stereocenters. The maximum atomic E-state index is 13.3. The lowest BCUT2D eigenvalue weighted by molar-refractivity contribution is 0.0984. The predicted molar refractivity (Wildman–Crippen MR) is 128 cm³/mol. The molecule has 4 heterocycles. The summed E-state index contributed by atoms with van der Waals surface area (Å²) in [6.45, 7) is 3.43. The number of anilines is 1. The number of ether oxygens (including phenoxy) is 1. The maximum absolute atomic E-state index is 13.3. The summed E-state index contributed by atoms with van der Waals surface area (Å²) in [6.07, 6.45) is 3.87. The minimum Gasteiger partial charge on any atom is -0.450 e. The third-order valence-corrected chi connectivity index (χ3v) is 6.70. The van der Waals surface area contributed by atoms with Crippen LogP contribution in [0.4, 0.5) is 10.7 Å². The van der Waals surface area contributed by atoms with Crippen LogP contribution in [0.5, 0.6) is 0 Å². The van der Waals surface area contributed by atoms with Gasteiger partial charge in [0.15, 0.2) is 5.78 Å². The highest BCUT2D eigenvalue weighted by Crippen LogP contribution is 2.39.